The fraction of sp³-hybridized carbons (Fsp3) is 0.826. The lowest BCUT2D eigenvalue weighted by molar-refractivity contribution is -0.162. The van der Waals surface area contributed by atoms with Crippen LogP contribution >= 0.6 is 0 Å². The Bertz CT molecular complexity index is 690. The number of fused-ring (bicyclic) bond motifs is 4. The first kappa shape index (κ1) is 19.6. The monoisotopic (exact) mass is 376 g/mol. The van der Waals surface area contributed by atoms with Gasteiger partial charge in [0.15, 0.2) is 5.79 Å². The highest BCUT2D eigenvalue weighted by Gasteiger charge is 2.62. The molecular weight excluding hydrogens is 340 g/mol. The molecule has 0 unspecified atom stereocenters. The van der Waals surface area contributed by atoms with Crippen molar-refractivity contribution < 1.29 is 19.7 Å². The van der Waals surface area contributed by atoms with Gasteiger partial charge in [-0.3, -0.25) is 0 Å². The van der Waals surface area contributed by atoms with Crippen LogP contribution in [0.25, 0.3) is 0 Å². The molecule has 0 bridgehead atoms. The van der Waals surface area contributed by atoms with Gasteiger partial charge in [-0.15, -0.1) is 0 Å². The second-order valence-corrected chi connectivity index (χ2v) is 10.5. The molecule has 1 saturated heterocycles. The van der Waals surface area contributed by atoms with Gasteiger partial charge in [0.2, 0.25) is 0 Å². The first-order valence-corrected chi connectivity index (χ1v) is 10.6. The summed E-state index contributed by atoms with van der Waals surface area (Å²) in [5.41, 5.74) is 3.32. The first-order valence-electron chi connectivity index (χ1n) is 10.6. The SMILES string of the molecule is CC(C)[C@H]1[C@@H]2OC(C)(C)O[C@@H]2C2=CC3=C(CO)[C@@H](O)CC[C@@]3(C)CC[C@@]21C. The lowest BCUT2D eigenvalue weighted by atomic mass is 9.65. The van der Waals surface area contributed by atoms with E-state index >= 15 is 0 Å². The van der Waals surface area contributed by atoms with E-state index in [1.165, 1.54) is 5.57 Å². The van der Waals surface area contributed by atoms with Crippen LogP contribution in [0.3, 0.4) is 0 Å². The van der Waals surface area contributed by atoms with Gasteiger partial charge in [0.05, 0.1) is 18.8 Å². The highest BCUT2D eigenvalue weighted by Crippen LogP contribution is 2.63. The zero-order valence-corrected chi connectivity index (χ0v) is 17.7. The Hall–Kier alpha value is -0.680. The average Bonchev–Trinajstić information content (AvgIpc) is 2.93. The quantitative estimate of drug-likeness (QED) is 0.766. The van der Waals surface area contributed by atoms with Crippen LogP contribution in [0.5, 0.6) is 0 Å². The Morgan fingerprint density at radius 3 is 2.44 bits per heavy atom. The molecule has 3 aliphatic carbocycles. The Balaban J connectivity index is 1.90. The van der Waals surface area contributed by atoms with E-state index in [1.807, 2.05) is 13.8 Å². The Morgan fingerprint density at radius 1 is 1.11 bits per heavy atom. The zero-order valence-electron chi connectivity index (χ0n) is 17.7. The third-order valence-electron chi connectivity index (χ3n) is 7.94. The molecule has 0 aromatic heterocycles. The molecule has 2 fully saturated rings. The largest absolute Gasteiger partial charge is 0.392 e. The van der Waals surface area contributed by atoms with Crippen LogP contribution in [0.2, 0.25) is 0 Å². The number of hydrogen-bond acceptors (Lipinski definition) is 4. The minimum atomic E-state index is -0.569. The van der Waals surface area contributed by atoms with Crippen LogP contribution in [-0.4, -0.2) is 40.9 Å². The van der Waals surface area contributed by atoms with Crippen molar-refractivity contribution in [1.29, 1.82) is 0 Å². The second kappa shape index (κ2) is 6.16. The van der Waals surface area contributed by atoms with Crippen LogP contribution in [-0.2, 0) is 9.47 Å². The van der Waals surface area contributed by atoms with Crippen LogP contribution in [0.4, 0.5) is 0 Å². The van der Waals surface area contributed by atoms with E-state index in [-0.39, 0.29) is 29.6 Å². The summed E-state index contributed by atoms with van der Waals surface area (Å²) in [7, 11) is 0. The molecule has 1 aliphatic heterocycles. The molecule has 1 heterocycles. The molecule has 0 aromatic carbocycles. The lowest BCUT2D eigenvalue weighted by Gasteiger charge is -2.41. The average molecular weight is 377 g/mol. The Morgan fingerprint density at radius 2 is 1.81 bits per heavy atom. The van der Waals surface area contributed by atoms with Gasteiger partial charge in [0.25, 0.3) is 0 Å². The number of aliphatic hydroxyl groups excluding tert-OH is 2. The smallest absolute Gasteiger partial charge is 0.164 e. The van der Waals surface area contributed by atoms with Crippen molar-refractivity contribution in [2.24, 2.45) is 22.7 Å². The third kappa shape index (κ3) is 2.78. The zero-order chi connectivity index (χ0) is 19.8. The van der Waals surface area contributed by atoms with Gasteiger partial charge < -0.3 is 19.7 Å². The van der Waals surface area contributed by atoms with E-state index in [1.54, 1.807) is 0 Å². The van der Waals surface area contributed by atoms with Crippen molar-refractivity contribution in [3.05, 3.63) is 22.8 Å². The van der Waals surface area contributed by atoms with Crippen LogP contribution in [0.1, 0.15) is 67.2 Å². The van der Waals surface area contributed by atoms with Crippen LogP contribution < -0.4 is 0 Å². The number of rotatable bonds is 2. The summed E-state index contributed by atoms with van der Waals surface area (Å²) >= 11 is 0. The molecule has 2 N–H and O–H groups in total. The summed E-state index contributed by atoms with van der Waals surface area (Å²) in [6.07, 6.45) is 5.68. The molecule has 6 atom stereocenters. The predicted octanol–water partition coefficient (Wildman–Crippen LogP) is 3.97. The highest BCUT2D eigenvalue weighted by atomic mass is 16.8. The maximum absolute atomic E-state index is 10.5. The van der Waals surface area contributed by atoms with Gasteiger partial charge in [-0.25, -0.2) is 0 Å². The second-order valence-electron chi connectivity index (χ2n) is 10.5. The molecule has 4 heteroatoms. The molecule has 0 amide bonds. The summed E-state index contributed by atoms with van der Waals surface area (Å²) in [6.45, 7) is 13.2. The van der Waals surface area contributed by atoms with E-state index in [9.17, 15) is 10.2 Å². The topological polar surface area (TPSA) is 58.9 Å². The fourth-order valence-corrected chi connectivity index (χ4v) is 6.58. The maximum atomic E-state index is 10.5. The van der Waals surface area contributed by atoms with Gasteiger partial charge >= 0.3 is 0 Å². The molecule has 1 saturated carbocycles. The summed E-state index contributed by atoms with van der Waals surface area (Å²) in [4.78, 5) is 0. The van der Waals surface area contributed by atoms with Crippen molar-refractivity contribution in [1.82, 2.24) is 0 Å². The summed E-state index contributed by atoms with van der Waals surface area (Å²) in [5.74, 6) is 0.332. The molecule has 27 heavy (non-hydrogen) atoms. The van der Waals surface area contributed by atoms with Crippen molar-refractivity contribution >= 4 is 0 Å². The number of ether oxygens (including phenoxy) is 2. The Labute approximate surface area is 163 Å². The molecule has 0 aromatic rings. The highest BCUT2D eigenvalue weighted by molar-refractivity contribution is 5.45. The van der Waals surface area contributed by atoms with Crippen molar-refractivity contribution in [2.45, 2.75) is 91.3 Å². The Kier molecular flexibility index (Phi) is 4.48. The number of hydrogen-bond donors (Lipinski definition) is 2. The maximum Gasteiger partial charge on any atom is 0.164 e. The van der Waals surface area contributed by atoms with E-state index in [4.69, 9.17) is 9.47 Å². The minimum Gasteiger partial charge on any atom is -0.392 e. The third-order valence-corrected chi connectivity index (χ3v) is 7.94. The normalized spacial score (nSPS) is 46.0. The molecule has 4 rings (SSSR count). The van der Waals surface area contributed by atoms with Gasteiger partial charge in [0.1, 0.15) is 6.10 Å². The van der Waals surface area contributed by atoms with Gasteiger partial charge in [0, 0.05) is 0 Å². The van der Waals surface area contributed by atoms with Crippen molar-refractivity contribution in [2.75, 3.05) is 6.61 Å². The van der Waals surface area contributed by atoms with E-state index in [0.717, 1.165) is 36.8 Å². The van der Waals surface area contributed by atoms with Gasteiger partial charge in [-0.2, -0.15) is 0 Å². The standard InChI is InChI=1S/C23H36O4/c1-13(2)18-20-19(26-21(3,4)27-20)16-11-15-14(12-24)17(25)7-8-22(15,5)9-10-23(16,18)6/h11,13,17-20,24-25H,7-10,12H2,1-6H3/t17-,18-,19+,20-,22-,23-/m0/s1. The first-order chi connectivity index (χ1) is 12.5. The molecular formula is C23H36O4. The predicted molar refractivity (Wildman–Crippen MR) is 105 cm³/mol. The fourth-order valence-electron chi connectivity index (χ4n) is 6.58. The van der Waals surface area contributed by atoms with Crippen molar-refractivity contribution in [3.63, 3.8) is 0 Å². The summed E-state index contributed by atoms with van der Waals surface area (Å²) in [5, 5.41) is 20.5. The molecule has 0 radical (unpaired) electrons. The lowest BCUT2D eigenvalue weighted by Crippen LogP contribution is -2.37. The molecule has 4 nitrogen and oxygen atoms in total. The van der Waals surface area contributed by atoms with Gasteiger partial charge in [-0.05, 0) is 78.9 Å². The summed E-state index contributed by atoms with van der Waals surface area (Å²) < 4.78 is 12.8. The van der Waals surface area contributed by atoms with Gasteiger partial charge in [-0.1, -0.05) is 33.8 Å². The minimum absolute atomic E-state index is 0.0175. The summed E-state index contributed by atoms with van der Waals surface area (Å²) in [6, 6.07) is 0. The van der Waals surface area contributed by atoms with E-state index < -0.39 is 11.9 Å². The molecule has 0 spiro atoms. The van der Waals surface area contributed by atoms with Crippen LogP contribution in [0.15, 0.2) is 22.8 Å². The number of aliphatic hydroxyl groups is 2. The number of allylic oxidation sites excluding steroid dienone is 2. The van der Waals surface area contributed by atoms with E-state index in [2.05, 4.69) is 33.8 Å². The molecule has 4 aliphatic rings. The molecule has 152 valence electrons. The van der Waals surface area contributed by atoms with Crippen molar-refractivity contribution in [3.8, 4) is 0 Å². The van der Waals surface area contributed by atoms with Crippen LogP contribution in [0, 0.1) is 22.7 Å². The van der Waals surface area contributed by atoms with E-state index in [0.29, 0.717) is 11.8 Å².